The van der Waals surface area contributed by atoms with Crippen LogP contribution in [0, 0.1) is 6.92 Å². The fraction of sp³-hybridized carbons (Fsp3) is 0.304. The lowest BCUT2D eigenvalue weighted by molar-refractivity contribution is -0.155. The van der Waals surface area contributed by atoms with E-state index < -0.39 is 12.1 Å². The summed E-state index contributed by atoms with van der Waals surface area (Å²) in [4.78, 5) is 24.7. The highest BCUT2D eigenvalue weighted by Crippen LogP contribution is 2.25. The van der Waals surface area contributed by atoms with Gasteiger partial charge in [0.2, 0.25) is 11.2 Å². The second-order valence-electron chi connectivity index (χ2n) is 6.92. The summed E-state index contributed by atoms with van der Waals surface area (Å²) >= 11 is 0. The molecule has 0 amide bonds. The highest BCUT2D eigenvalue weighted by atomic mass is 16.6. The fourth-order valence-corrected chi connectivity index (χ4v) is 2.60. The van der Waals surface area contributed by atoms with Crippen LogP contribution in [-0.4, -0.2) is 18.2 Å². The molecule has 152 valence electrons. The summed E-state index contributed by atoms with van der Waals surface area (Å²) in [5.74, 6) is 0.612. The third-order valence-electron chi connectivity index (χ3n) is 4.50. The molecule has 2 atom stereocenters. The lowest BCUT2D eigenvalue weighted by Gasteiger charge is -2.17. The van der Waals surface area contributed by atoms with Gasteiger partial charge in [0.05, 0.1) is 11.5 Å². The van der Waals surface area contributed by atoms with Crippen LogP contribution in [0.4, 0.5) is 0 Å². The zero-order valence-electron chi connectivity index (χ0n) is 16.9. The highest BCUT2D eigenvalue weighted by molar-refractivity contribution is 5.79. The molecule has 1 heterocycles. The normalized spacial score (nSPS) is 13.0. The number of carbonyl (C=O) groups excluding carboxylic acids is 1. The lowest BCUT2D eigenvalue weighted by Crippen LogP contribution is -2.29. The molecule has 29 heavy (non-hydrogen) atoms. The van der Waals surface area contributed by atoms with Crippen LogP contribution in [-0.2, 0) is 9.53 Å². The van der Waals surface area contributed by atoms with Crippen molar-refractivity contribution in [3.05, 3.63) is 64.5 Å². The first-order valence-corrected chi connectivity index (χ1v) is 9.54. The SMILES string of the molecule is CCC(C)OC(=O)C(C)Oc1ccc2c(=O)c(Oc3ccc(C)cc3)coc2c1. The van der Waals surface area contributed by atoms with E-state index in [2.05, 4.69) is 0 Å². The Bertz CT molecular complexity index is 1050. The summed E-state index contributed by atoms with van der Waals surface area (Å²) in [6, 6.07) is 12.1. The molecule has 0 radical (unpaired) electrons. The van der Waals surface area contributed by atoms with E-state index in [0.29, 0.717) is 22.5 Å². The summed E-state index contributed by atoms with van der Waals surface area (Å²) in [6.45, 7) is 7.35. The molecule has 6 nitrogen and oxygen atoms in total. The smallest absolute Gasteiger partial charge is 0.347 e. The number of ether oxygens (including phenoxy) is 3. The molecule has 6 heteroatoms. The highest BCUT2D eigenvalue weighted by Gasteiger charge is 2.19. The van der Waals surface area contributed by atoms with E-state index in [1.165, 1.54) is 6.26 Å². The maximum Gasteiger partial charge on any atom is 0.347 e. The molecular weight excluding hydrogens is 372 g/mol. The summed E-state index contributed by atoms with van der Waals surface area (Å²) in [7, 11) is 0. The zero-order valence-corrected chi connectivity index (χ0v) is 16.9. The average Bonchev–Trinajstić information content (AvgIpc) is 2.71. The molecule has 0 aliphatic heterocycles. The molecule has 0 aliphatic carbocycles. The fourth-order valence-electron chi connectivity index (χ4n) is 2.60. The van der Waals surface area contributed by atoms with E-state index in [1.54, 1.807) is 37.3 Å². The van der Waals surface area contributed by atoms with Crippen molar-refractivity contribution in [1.82, 2.24) is 0 Å². The van der Waals surface area contributed by atoms with Gasteiger partial charge in [-0.2, -0.15) is 0 Å². The number of benzene rings is 2. The Kier molecular flexibility index (Phi) is 6.22. The van der Waals surface area contributed by atoms with Gasteiger partial charge in [-0.15, -0.1) is 0 Å². The van der Waals surface area contributed by atoms with Gasteiger partial charge >= 0.3 is 5.97 Å². The van der Waals surface area contributed by atoms with Crippen molar-refractivity contribution < 1.29 is 23.4 Å². The van der Waals surface area contributed by atoms with Gasteiger partial charge in [0.1, 0.15) is 23.3 Å². The molecule has 3 aromatic rings. The third kappa shape index (κ3) is 4.96. The number of rotatable bonds is 7. The number of hydrogen-bond acceptors (Lipinski definition) is 6. The predicted molar refractivity (Wildman–Crippen MR) is 110 cm³/mol. The number of hydrogen-bond donors (Lipinski definition) is 0. The maximum absolute atomic E-state index is 12.7. The van der Waals surface area contributed by atoms with Crippen molar-refractivity contribution in [2.45, 2.75) is 46.3 Å². The first-order chi connectivity index (χ1) is 13.9. The molecule has 0 N–H and O–H groups in total. The van der Waals surface area contributed by atoms with Crippen LogP contribution in [0.2, 0.25) is 0 Å². The first-order valence-electron chi connectivity index (χ1n) is 9.54. The van der Waals surface area contributed by atoms with Crippen LogP contribution in [0.5, 0.6) is 17.2 Å². The standard InChI is InChI=1S/C23H24O6/c1-5-15(3)27-23(25)16(4)28-18-10-11-19-20(12-18)26-13-21(22(19)24)29-17-8-6-14(2)7-9-17/h6-13,15-16H,5H2,1-4H3. The van der Waals surface area contributed by atoms with Gasteiger partial charge in [0, 0.05) is 6.07 Å². The van der Waals surface area contributed by atoms with Crippen LogP contribution in [0.3, 0.4) is 0 Å². The average molecular weight is 396 g/mol. The monoisotopic (exact) mass is 396 g/mol. The third-order valence-corrected chi connectivity index (χ3v) is 4.50. The predicted octanol–water partition coefficient (Wildman–Crippen LogP) is 5.00. The zero-order chi connectivity index (χ0) is 21.0. The van der Waals surface area contributed by atoms with Gasteiger partial charge in [-0.1, -0.05) is 24.6 Å². The quantitative estimate of drug-likeness (QED) is 0.523. The molecule has 0 aliphatic rings. The molecule has 0 saturated carbocycles. The van der Waals surface area contributed by atoms with Crippen LogP contribution >= 0.6 is 0 Å². The molecule has 2 unspecified atom stereocenters. The minimum absolute atomic E-state index is 0.0977. The Morgan fingerprint density at radius 3 is 2.45 bits per heavy atom. The number of carbonyl (C=O) groups is 1. The van der Waals surface area contributed by atoms with E-state index in [9.17, 15) is 9.59 Å². The lowest BCUT2D eigenvalue weighted by atomic mass is 10.2. The van der Waals surface area contributed by atoms with E-state index >= 15 is 0 Å². The number of fused-ring (bicyclic) bond motifs is 1. The van der Waals surface area contributed by atoms with Crippen LogP contribution in [0.15, 0.2) is 57.9 Å². The van der Waals surface area contributed by atoms with Crippen LogP contribution < -0.4 is 14.9 Å². The van der Waals surface area contributed by atoms with Crippen molar-refractivity contribution >= 4 is 16.9 Å². The summed E-state index contributed by atoms with van der Waals surface area (Å²) in [6.07, 6.45) is 1.05. The summed E-state index contributed by atoms with van der Waals surface area (Å²) in [5, 5.41) is 0.358. The largest absolute Gasteiger partial charge is 0.479 e. The van der Waals surface area contributed by atoms with Crippen molar-refractivity contribution in [3.8, 4) is 17.2 Å². The minimum atomic E-state index is -0.780. The molecule has 0 spiro atoms. The molecular formula is C23H24O6. The molecule has 0 fully saturated rings. The summed E-state index contributed by atoms with van der Waals surface area (Å²) < 4.78 is 22.1. The topological polar surface area (TPSA) is 75.0 Å². The second-order valence-corrected chi connectivity index (χ2v) is 6.92. The van der Waals surface area contributed by atoms with Gasteiger partial charge in [0.25, 0.3) is 0 Å². The van der Waals surface area contributed by atoms with Crippen molar-refractivity contribution in [2.75, 3.05) is 0 Å². The Morgan fingerprint density at radius 2 is 1.76 bits per heavy atom. The van der Waals surface area contributed by atoms with Gasteiger partial charge < -0.3 is 18.6 Å². The Labute approximate surface area is 169 Å². The molecule has 2 aromatic carbocycles. The number of aryl methyl sites for hydroxylation is 1. The molecule has 0 bridgehead atoms. The second kappa shape index (κ2) is 8.82. The molecule has 0 saturated heterocycles. The van der Waals surface area contributed by atoms with Crippen molar-refractivity contribution in [2.24, 2.45) is 0 Å². The van der Waals surface area contributed by atoms with Gasteiger partial charge in [-0.25, -0.2) is 4.79 Å². The van der Waals surface area contributed by atoms with Gasteiger partial charge in [-0.05, 0) is 51.5 Å². The maximum atomic E-state index is 12.7. The summed E-state index contributed by atoms with van der Waals surface area (Å²) in [5.41, 5.74) is 1.14. The Hall–Kier alpha value is -3.28. The van der Waals surface area contributed by atoms with E-state index in [-0.39, 0.29) is 17.3 Å². The molecule has 1 aromatic heterocycles. The van der Waals surface area contributed by atoms with Gasteiger partial charge in [0.15, 0.2) is 6.10 Å². The molecule has 3 rings (SSSR count). The van der Waals surface area contributed by atoms with Crippen LogP contribution in [0.25, 0.3) is 11.0 Å². The van der Waals surface area contributed by atoms with Crippen LogP contribution in [0.1, 0.15) is 32.8 Å². The Morgan fingerprint density at radius 1 is 1.07 bits per heavy atom. The van der Waals surface area contributed by atoms with Crippen molar-refractivity contribution in [3.63, 3.8) is 0 Å². The number of esters is 1. The Balaban J connectivity index is 1.78. The van der Waals surface area contributed by atoms with Gasteiger partial charge in [-0.3, -0.25) is 4.79 Å². The first kappa shape index (κ1) is 20.5. The van der Waals surface area contributed by atoms with Crippen molar-refractivity contribution in [1.29, 1.82) is 0 Å². The van der Waals surface area contributed by atoms with E-state index in [4.69, 9.17) is 18.6 Å². The minimum Gasteiger partial charge on any atom is -0.479 e. The van der Waals surface area contributed by atoms with E-state index in [1.807, 2.05) is 32.9 Å². The van der Waals surface area contributed by atoms with E-state index in [0.717, 1.165) is 12.0 Å².